The third kappa shape index (κ3) is 4.01. The molecule has 0 amide bonds. The van der Waals surface area contributed by atoms with E-state index in [-0.39, 0.29) is 0 Å². The zero-order valence-corrected chi connectivity index (χ0v) is 26.7. The molecular formula is C43H24N2O3S. The summed E-state index contributed by atoms with van der Waals surface area (Å²) < 4.78 is 21.6. The topological polar surface area (TPSA) is 55.6 Å². The van der Waals surface area contributed by atoms with Gasteiger partial charge in [0.2, 0.25) is 5.89 Å². The van der Waals surface area contributed by atoms with Crippen LogP contribution in [-0.2, 0) is 0 Å². The van der Waals surface area contributed by atoms with Crippen LogP contribution >= 0.6 is 11.3 Å². The lowest BCUT2D eigenvalue weighted by Gasteiger charge is -2.25. The minimum Gasteiger partial charge on any atom is -0.456 e. The number of rotatable bonds is 4. The molecule has 0 saturated carbocycles. The van der Waals surface area contributed by atoms with Gasteiger partial charge in [-0.05, 0) is 72.8 Å². The van der Waals surface area contributed by atoms with Crippen molar-refractivity contribution in [1.29, 1.82) is 0 Å². The number of anilines is 3. The second kappa shape index (κ2) is 10.1. The number of para-hydroxylation sites is 3. The molecule has 11 aromatic rings. The van der Waals surface area contributed by atoms with Gasteiger partial charge in [0, 0.05) is 76.5 Å². The number of oxazole rings is 1. The number of fused-ring (bicyclic) bond motifs is 10. The van der Waals surface area contributed by atoms with E-state index < -0.39 is 0 Å². The fraction of sp³-hybridized carbons (Fsp3) is 0. The van der Waals surface area contributed by atoms with Crippen LogP contribution in [0.25, 0.3) is 86.6 Å². The molecule has 6 heteroatoms. The summed E-state index contributed by atoms with van der Waals surface area (Å²) in [5.74, 6) is 0.580. The molecule has 0 aliphatic carbocycles. The van der Waals surface area contributed by atoms with Gasteiger partial charge in [0.1, 0.15) is 27.8 Å². The molecule has 4 heterocycles. The second-order valence-electron chi connectivity index (χ2n) is 12.3. The van der Waals surface area contributed by atoms with Gasteiger partial charge < -0.3 is 18.2 Å². The minimum atomic E-state index is 0.580. The Bertz CT molecular complexity index is 2940. The quantitative estimate of drug-likeness (QED) is 0.190. The fourth-order valence-corrected chi connectivity index (χ4v) is 8.41. The molecule has 0 spiro atoms. The summed E-state index contributed by atoms with van der Waals surface area (Å²) in [7, 11) is 0. The highest BCUT2D eigenvalue weighted by atomic mass is 32.1. The molecule has 230 valence electrons. The van der Waals surface area contributed by atoms with Crippen LogP contribution in [0, 0.1) is 0 Å². The number of nitrogens with zero attached hydrogens (tertiary/aromatic N) is 2. The molecule has 0 atom stereocenters. The van der Waals surface area contributed by atoms with Gasteiger partial charge in [-0.2, -0.15) is 0 Å². The highest BCUT2D eigenvalue weighted by molar-refractivity contribution is 7.25. The van der Waals surface area contributed by atoms with Crippen molar-refractivity contribution in [3.05, 3.63) is 146 Å². The van der Waals surface area contributed by atoms with Crippen LogP contribution in [0.15, 0.2) is 159 Å². The van der Waals surface area contributed by atoms with Crippen LogP contribution < -0.4 is 4.90 Å². The first kappa shape index (κ1) is 26.7. The smallest absolute Gasteiger partial charge is 0.228 e. The van der Waals surface area contributed by atoms with Crippen molar-refractivity contribution >= 4 is 104 Å². The lowest BCUT2D eigenvalue weighted by atomic mass is 10.1. The number of thiophene rings is 1. The third-order valence-corrected chi connectivity index (χ3v) is 10.6. The molecule has 4 aromatic heterocycles. The van der Waals surface area contributed by atoms with Gasteiger partial charge in [0.25, 0.3) is 0 Å². The van der Waals surface area contributed by atoms with E-state index in [9.17, 15) is 0 Å². The first-order valence-electron chi connectivity index (χ1n) is 16.2. The first-order chi connectivity index (χ1) is 24.2. The number of aromatic nitrogens is 1. The monoisotopic (exact) mass is 648 g/mol. The van der Waals surface area contributed by atoms with E-state index in [0.717, 1.165) is 77.6 Å². The van der Waals surface area contributed by atoms with Gasteiger partial charge in [-0.15, -0.1) is 11.3 Å². The molecule has 0 N–H and O–H groups in total. The van der Waals surface area contributed by atoms with Crippen molar-refractivity contribution in [2.24, 2.45) is 0 Å². The Morgan fingerprint density at radius 2 is 1.04 bits per heavy atom. The van der Waals surface area contributed by atoms with E-state index in [4.69, 9.17) is 18.2 Å². The molecule has 0 bridgehead atoms. The molecule has 0 aliphatic rings. The maximum absolute atomic E-state index is 6.56. The van der Waals surface area contributed by atoms with Crippen LogP contribution in [0.1, 0.15) is 0 Å². The molecule has 0 fully saturated rings. The summed E-state index contributed by atoms with van der Waals surface area (Å²) in [4.78, 5) is 7.08. The summed E-state index contributed by atoms with van der Waals surface area (Å²) >= 11 is 1.82. The standard InChI is InChI=1S/C43H24N2O3S/c1-4-12-35-28(8-1)29-19-16-25(22-38(29)46-35)45(27-17-20-31-30-9-2-6-15-40(30)49-41(31)24-27)26-18-21-32-39(23-26)47-37-14-7-10-33(42(32)37)43-44-34-11-3-5-13-36(34)48-43/h1-24H. The van der Waals surface area contributed by atoms with E-state index in [2.05, 4.69) is 95.9 Å². The third-order valence-electron chi connectivity index (χ3n) is 9.50. The highest BCUT2D eigenvalue weighted by Crippen LogP contribution is 2.44. The molecule has 11 rings (SSSR count). The second-order valence-corrected chi connectivity index (χ2v) is 13.4. The maximum atomic E-state index is 6.56. The Morgan fingerprint density at radius 3 is 1.90 bits per heavy atom. The van der Waals surface area contributed by atoms with Gasteiger partial charge in [-0.3, -0.25) is 0 Å². The van der Waals surface area contributed by atoms with Crippen LogP contribution in [0.2, 0.25) is 0 Å². The lowest BCUT2D eigenvalue weighted by Crippen LogP contribution is -2.09. The van der Waals surface area contributed by atoms with E-state index in [0.29, 0.717) is 5.89 Å². The van der Waals surface area contributed by atoms with Gasteiger partial charge in [-0.25, -0.2) is 4.98 Å². The number of hydrogen-bond acceptors (Lipinski definition) is 6. The highest BCUT2D eigenvalue weighted by Gasteiger charge is 2.21. The normalized spacial score (nSPS) is 12.1. The van der Waals surface area contributed by atoms with E-state index >= 15 is 0 Å². The molecule has 49 heavy (non-hydrogen) atoms. The van der Waals surface area contributed by atoms with Crippen molar-refractivity contribution in [3.63, 3.8) is 0 Å². The average molecular weight is 649 g/mol. The van der Waals surface area contributed by atoms with Crippen LogP contribution in [0.3, 0.4) is 0 Å². The fourth-order valence-electron chi connectivity index (χ4n) is 7.27. The van der Waals surface area contributed by atoms with Crippen molar-refractivity contribution in [1.82, 2.24) is 4.98 Å². The zero-order valence-electron chi connectivity index (χ0n) is 25.9. The largest absolute Gasteiger partial charge is 0.456 e. The van der Waals surface area contributed by atoms with Crippen molar-refractivity contribution < 1.29 is 13.3 Å². The lowest BCUT2D eigenvalue weighted by molar-refractivity contribution is 0.620. The summed E-state index contributed by atoms with van der Waals surface area (Å²) in [6.45, 7) is 0. The maximum Gasteiger partial charge on any atom is 0.228 e. The molecular weight excluding hydrogens is 625 g/mol. The predicted molar refractivity (Wildman–Crippen MR) is 202 cm³/mol. The average Bonchev–Trinajstić information content (AvgIpc) is 3.92. The van der Waals surface area contributed by atoms with Gasteiger partial charge in [-0.1, -0.05) is 60.7 Å². The predicted octanol–water partition coefficient (Wildman–Crippen LogP) is 13.1. The summed E-state index contributed by atoms with van der Waals surface area (Å²) in [5, 5.41) is 6.74. The summed E-state index contributed by atoms with van der Waals surface area (Å²) in [6.07, 6.45) is 0. The minimum absolute atomic E-state index is 0.580. The number of furan rings is 2. The number of hydrogen-bond donors (Lipinski definition) is 0. The Kier molecular flexibility index (Phi) is 5.48. The molecule has 0 radical (unpaired) electrons. The first-order valence-corrected chi connectivity index (χ1v) is 17.0. The van der Waals surface area contributed by atoms with Crippen LogP contribution in [-0.4, -0.2) is 4.98 Å². The SMILES string of the molecule is c1ccc2oc(-c3cccc4oc5cc(N(c6ccc7c(c6)oc6ccccc67)c6ccc7c(c6)sc6ccccc67)ccc5c34)nc2c1. The van der Waals surface area contributed by atoms with E-state index in [1.54, 1.807) is 0 Å². The van der Waals surface area contributed by atoms with Gasteiger partial charge in [0.05, 0.1) is 0 Å². The Labute approximate surface area is 282 Å². The van der Waals surface area contributed by atoms with E-state index in [1.165, 1.54) is 20.2 Å². The van der Waals surface area contributed by atoms with Crippen LogP contribution in [0.4, 0.5) is 17.1 Å². The van der Waals surface area contributed by atoms with Crippen molar-refractivity contribution in [2.75, 3.05) is 4.90 Å². The summed E-state index contributed by atoms with van der Waals surface area (Å²) in [6, 6.07) is 50.3. The van der Waals surface area contributed by atoms with Gasteiger partial charge >= 0.3 is 0 Å². The molecule has 0 aliphatic heterocycles. The molecule has 5 nitrogen and oxygen atoms in total. The Hall–Kier alpha value is -6.37. The number of benzene rings is 7. The van der Waals surface area contributed by atoms with Crippen molar-refractivity contribution in [3.8, 4) is 11.5 Å². The molecule has 7 aromatic carbocycles. The molecule has 0 unspecified atom stereocenters. The Balaban J connectivity index is 1.12. The van der Waals surface area contributed by atoms with E-state index in [1.807, 2.05) is 65.9 Å². The van der Waals surface area contributed by atoms with Crippen LogP contribution in [0.5, 0.6) is 0 Å². The summed E-state index contributed by atoms with van der Waals surface area (Å²) in [5.41, 5.74) is 8.82. The Morgan fingerprint density at radius 1 is 0.429 bits per heavy atom. The van der Waals surface area contributed by atoms with Crippen molar-refractivity contribution in [2.45, 2.75) is 0 Å². The zero-order chi connectivity index (χ0) is 32.1. The van der Waals surface area contributed by atoms with Gasteiger partial charge in [0.15, 0.2) is 5.58 Å². The molecule has 0 saturated heterocycles.